The Bertz CT molecular complexity index is 608. The van der Waals surface area contributed by atoms with E-state index in [-0.39, 0.29) is 17.9 Å². The van der Waals surface area contributed by atoms with Gasteiger partial charge in [0.15, 0.2) is 9.84 Å². The summed E-state index contributed by atoms with van der Waals surface area (Å²) in [6, 6.07) is -0.467. The summed E-state index contributed by atoms with van der Waals surface area (Å²) in [5.74, 6) is -0.971. The molecule has 1 aliphatic heterocycles. The number of nitrogens with zero attached hydrogens (tertiary/aromatic N) is 3. The van der Waals surface area contributed by atoms with Crippen molar-refractivity contribution in [2.45, 2.75) is 25.9 Å². The molecule has 7 nitrogen and oxygen atoms in total. The Morgan fingerprint density at radius 1 is 1.55 bits per heavy atom. The van der Waals surface area contributed by atoms with E-state index in [1.807, 2.05) is 25.1 Å². The van der Waals surface area contributed by atoms with Crippen LogP contribution in [-0.2, 0) is 28.2 Å². The van der Waals surface area contributed by atoms with Crippen LogP contribution in [0.4, 0.5) is 0 Å². The maximum atomic E-state index is 11.7. The Balaban J connectivity index is 2.15. The van der Waals surface area contributed by atoms with Crippen molar-refractivity contribution in [3.05, 3.63) is 17.5 Å². The summed E-state index contributed by atoms with van der Waals surface area (Å²) in [4.78, 5) is 12.8. The molecule has 0 bridgehead atoms. The minimum absolute atomic E-state index is 0.0847. The zero-order chi connectivity index (χ0) is 14.9. The average molecular weight is 301 g/mol. The zero-order valence-corrected chi connectivity index (χ0v) is 12.4. The largest absolute Gasteiger partial charge is 0.481 e. The van der Waals surface area contributed by atoms with Crippen LogP contribution in [0.1, 0.15) is 17.7 Å². The summed E-state index contributed by atoms with van der Waals surface area (Å²) in [7, 11) is -1.31. The Morgan fingerprint density at radius 2 is 2.25 bits per heavy atom. The summed E-state index contributed by atoms with van der Waals surface area (Å²) in [5.41, 5.74) is 1.89. The van der Waals surface area contributed by atoms with Crippen molar-refractivity contribution < 1.29 is 18.3 Å². The number of carboxylic acids is 1. The van der Waals surface area contributed by atoms with Crippen molar-refractivity contribution in [1.82, 2.24) is 14.7 Å². The van der Waals surface area contributed by atoms with Crippen molar-refractivity contribution in [2.75, 3.05) is 18.1 Å². The molecule has 0 spiro atoms. The number of carbonyl (C=O) groups is 1. The molecule has 1 atom stereocenters. The minimum Gasteiger partial charge on any atom is -0.481 e. The van der Waals surface area contributed by atoms with Gasteiger partial charge in [0, 0.05) is 37.9 Å². The van der Waals surface area contributed by atoms with Crippen molar-refractivity contribution in [3.63, 3.8) is 0 Å². The molecule has 0 amide bonds. The summed E-state index contributed by atoms with van der Waals surface area (Å²) in [5, 5.41) is 13.2. The van der Waals surface area contributed by atoms with E-state index in [1.165, 1.54) is 0 Å². The number of hydrogen-bond donors (Lipinski definition) is 1. The Labute approximate surface area is 118 Å². The number of aromatic nitrogens is 2. The van der Waals surface area contributed by atoms with Crippen LogP contribution in [0, 0.1) is 6.92 Å². The lowest BCUT2D eigenvalue weighted by atomic mass is 10.1. The van der Waals surface area contributed by atoms with E-state index in [2.05, 4.69) is 5.10 Å². The quantitative estimate of drug-likeness (QED) is 0.828. The predicted octanol–water partition coefficient (Wildman–Crippen LogP) is -0.198. The monoisotopic (exact) mass is 301 g/mol. The first-order chi connectivity index (χ1) is 9.27. The maximum absolute atomic E-state index is 11.7. The summed E-state index contributed by atoms with van der Waals surface area (Å²) < 4.78 is 25.1. The molecular weight excluding hydrogens is 282 g/mol. The lowest BCUT2D eigenvalue weighted by Gasteiger charge is -2.34. The van der Waals surface area contributed by atoms with Crippen molar-refractivity contribution in [3.8, 4) is 0 Å². The van der Waals surface area contributed by atoms with E-state index in [1.54, 1.807) is 4.68 Å². The van der Waals surface area contributed by atoms with E-state index in [4.69, 9.17) is 5.11 Å². The van der Waals surface area contributed by atoms with E-state index >= 15 is 0 Å². The second-order valence-electron chi connectivity index (χ2n) is 5.25. The molecule has 1 unspecified atom stereocenters. The van der Waals surface area contributed by atoms with Crippen LogP contribution >= 0.6 is 0 Å². The number of hydrogen-bond acceptors (Lipinski definition) is 5. The highest BCUT2D eigenvalue weighted by Gasteiger charge is 2.32. The van der Waals surface area contributed by atoms with Crippen LogP contribution in [0.2, 0.25) is 0 Å². The van der Waals surface area contributed by atoms with E-state index in [9.17, 15) is 13.2 Å². The molecule has 0 saturated carbocycles. The molecule has 0 aromatic carbocycles. The van der Waals surface area contributed by atoms with Gasteiger partial charge in [0.25, 0.3) is 0 Å². The lowest BCUT2D eigenvalue weighted by molar-refractivity contribution is -0.138. The molecule has 1 saturated heterocycles. The molecule has 2 rings (SSSR count). The first-order valence-electron chi connectivity index (χ1n) is 6.42. The van der Waals surface area contributed by atoms with Crippen molar-refractivity contribution in [2.24, 2.45) is 7.05 Å². The fourth-order valence-electron chi connectivity index (χ4n) is 2.54. The van der Waals surface area contributed by atoms with Crippen LogP contribution in [0.3, 0.4) is 0 Å². The van der Waals surface area contributed by atoms with Gasteiger partial charge < -0.3 is 5.11 Å². The van der Waals surface area contributed by atoms with E-state index in [0.717, 1.165) is 11.3 Å². The fourth-order valence-corrected chi connectivity index (χ4v) is 4.14. The smallest absolute Gasteiger partial charge is 0.304 e. The third-order valence-corrected chi connectivity index (χ3v) is 5.25. The first kappa shape index (κ1) is 15.0. The SMILES string of the molecule is Cc1nn(C)cc1CN1CCS(=O)(=O)CC1CC(=O)O. The van der Waals surface area contributed by atoms with Crippen molar-refractivity contribution in [1.29, 1.82) is 0 Å². The Hall–Kier alpha value is -1.41. The second kappa shape index (κ2) is 5.53. The maximum Gasteiger partial charge on any atom is 0.304 e. The zero-order valence-electron chi connectivity index (χ0n) is 11.6. The molecule has 2 heterocycles. The lowest BCUT2D eigenvalue weighted by Crippen LogP contribution is -2.48. The van der Waals surface area contributed by atoms with Gasteiger partial charge >= 0.3 is 5.97 Å². The molecular formula is C12H19N3O4S. The van der Waals surface area contributed by atoms with Crippen LogP contribution in [0.5, 0.6) is 0 Å². The summed E-state index contributed by atoms with van der Waals surface area (Å²) in [6.45, 7) is 2.80. The molecule has 1 aliphatic rings. The number of sulfone groups is 1. The third kappa shape index (κ3) is 3.57. The van der Waals surface area contributed by atoms with E-state index < -0.39 is 21.8 Å². The van der Waals surface area contributed by atoms with Gasteiger partial charge in [0.05, 0.1) is 23.6 Å². The van der Waals surface area contributed by atoms with Crippen LogP contribution < -0.4 is 0 Å². The molecule has 20 heavy (non-hydrogen) atoms. The van der Waals surface area contributed by atoms with Gasteiger partial charge in [-0.3, -0.25) is 14.4 Å². The van der Waals surface area contributed by atoms with Gasteiger partial charge in [-0.25, -0.2) is 8.42 Å². The molecule has 1 aromatic rings. The van der Waals surface area contributed by atoms with Crippen LogP contribution in [0.25, 0.3) is 0 Å². The predicted molar refractivity (Wildman–Crippen MR) is 73.0 cm³/mol. The third-order valence-electron chi connectivity index (χ3n) is 3.55. The molecule has 112 valence electrons. The highest BCUT2D eigenvalue weighted by Crippen LogP contribution is 2.19. The van der Waals surface area contributed by atoms with Gasteiger partial charge in [-0.2, -0.15) is 5.10 Å². The first-order valence-corrected chi connectivity index (χ1v) is 8.24. The standard InChI is InChI=1S/C12H19N3O4S/c1-9-10(6-14(2)13-9)7-15-3-4-20(18,19)8-11(15)5-12(16)17/h6,11H,3-5,7-8H2,1-2H3,(H,16,17). The summed E-state index contributed by atoms with van der Waals surface area (Å²) in [6.07, 6.45) is 1.73. The molecule has 8 heteroatoms. The van der Waals surface area contributed by atoms with Gasteiger partial charge in [-0.05, 0) is 6.92 Å². The number of rotatable bonds is 4. The van der Waals surface area contributed by atoms with E-state index in [0.29, 0.717) is 13.1 Å². The van der Waals surface area contributed by atoms with Gasteiger partial charge in [0.1, 0.15) is 0 Å². The van der Waals surface area contributed by atoms with Crippen LogP contribution in [0.15, 0.2) is 6.20 Å². The molecule has 0 radical (unpaired) electrons. The highest BCUT2D eigenvalue weighted by atomic mass is 32.2. The summed E-state index contributed by atoms with van der Waals surface area (Å²) >= 11 is 0. The van der Waals surface area contributed by atoms with Crippen molar-refractivity contribution >= 4 is 15.8 Å². The molecule has 1 aromatic heterocycles. The fraction of sp³-hybridized carbons (Fsp3) is 0.667. The topological polar surface area (TPSA) is 92.5 Å². The minimum atomic E-state index is -3.13. The van der Waals surface area contributed by atoms with Crippen LogP contribution in [-0.4, -0.2) is 58.3 Å². The van der Waals surface area contributed by atoms with Gasteiger partial charge in [-0.15, -0.1) is 0 Å². The van der Waals surface area contributed by atoms with Gasteiger partial charge in [-0.1, -0.05) is 0 Å². The normalized spacial score (nSPS) is 22.8. The highest BCUT2D eigenvalue weighted by molar-refractivity contribution is 7.91. The number of aryl methyl sites for hydroxylation is 2. The number of aliphatic carboxylic acids is 1. The van der Waals surface area contributed by atoms with Gasteiger partial charge in [0.2, 0.25) is 0 Å². The Kier molecular flexibility index (Phi) is 4.14. The molecule has 0 aliphatic carbocycles. The second-order valence-corrected chi connectivity index (χ2v) is 7.48. The Morgan fingerprint density at radius 3 is 2.80 bits per heavy atom. The molecule has 1 N–H and O–H groups in total. The molecule has 1 fully saturated rings. The average Bonchev–Trinajstić information content (AvgIpc) is 2.60. The number of carboxylic acid groups (broad SMARTS) is 1.